The maximum Gasteiger partial charge on any atom is 0.201 e. The third-order valence-corrected chi connectivity index (χ3v) is 7.31. The zero-order valence-electron chi connectivity index (χ0n) is 17.3. The number of anilines is 1. The molecule has 0 fully saturated rings. The molecule has 0 amide bonds. The average Bonchev–Trinajstić information content (AvgIpc) is 3.27. The number of hydrogen-bond donors (Lipinski definition) is 2. The third kappa shape index (κ3) is 2.52. The lowest BCUT2D eigenvalue weighted by Crippen LogP contribution is -2.28. The largest absolute Gasteiger partial charge is 0.506 e. The van der Waals surface area contributed by atoms with E-state index in [1.54, 1.807) is 0 Å². The molecule has 30 heavy (non-hydrogen) atoms. The van der Waals surface area contributed by atoms with E-state index < -0.39 is 0 Å². The van der Waals surface area contributed by atoms with Crippen LogP contribution >= 0.6 is 11.3 Å². The van der Waals surface area contributed by atoms with Crippen LogP contribution in [0.1, 0.15) is 38.3 Å². The third-order valence-electron chi connectivity index (χ3n) is 6.15. The first kappa shape index (κ1) is 18.8. The van der Waals surface area contributed by atoms with Crippen molar-refractivity contribution in [2.45, 2.75) is 33.1 Å². The molecule has 2 aromatic carbocycles. The molecule has 4 nitrogen and oxygen atoms in total. The predicted octanol–water partition coefficient (Wildman–Crippen LogP) is 6.14. The van der Waals surface area contributed by atoms with E-state index in [1.807, 2.05) is 56.3 Å². The number of allylic oxidation sites excluding steroid dienone is 5. The van der Waals surface area contributed by atoms with Crippen LogP contribution in [0.4, 0.5) is 5.69 Å². The van der Waals surface area contributed by atoms with Crippen molar-refractivity contribution < 1.29 is 9.90 Å². The van der Waals surface area contributed by atoms with Crippen LogP contribution in [0.25, 0.3) is 15.8 Å². The second kappa shape index (κ2) is 6.41. The fraction of sp³-hybridized carbons (Fsp3) is 0.200. The molecule has 2 aliphatic rings. The second-order valence-electron chi connectivity index (χ2n) is 8.34. The molecular formula is C25H22N2O2S. The second-order valence-corrected chi connectivity index (χ2v) is 9.37. The van der Waals surface area contributed by atoms with Gasteiger partial charge in [-0.2, -0.15) is 0 Å². The van der Waals surface area contributed by atoms with Crippen LogP contribution in [-0.2, 0) is 10.2 Å². The Bertz CT molecular complexity index is 1300. The summed E-state index contributed by atoms with van der Waals surface area (Å²) >= 11 is 1.53. The van der Waals surface area contributed by atoms with Gasteiger partial charge >= 0.3 is 0 Å². The molecular weight excluding hydrogens is 392 g/mol. The first-order valence-corrected chi connectivity index (χ1v) is 10.8. The molecule has 150 valence electrons. The lowest BCUT2D eigenvalue weighted by atomic mass is 9.76. The van der Waals surface area contributed by atoms with E-state index in [0.29, 0.717) is 11.1 Å². The van der Waals surface area contributed by atoms with Crippen molar-refractivity contribution >= 4 is 38.6 Å². The van der Waals surface area contributed by atoms with Crippen LogP contribution in [0.5, 0.6) is 0 Å². The predicted molar refractivity (Wildman–Crippen MR) is 123 cm³/mol. The molecule has 5 rings (SSSR count). The van der Waals surface area contributed by atoms with Crippen LogP contribution < -0.4 is 5.32 Å². The van der Waals surface area contributed by atoms with E-state index >= 15 is 0 Å². The van der Waals surface area contributed by atoms with Crippen molar-refractivity contribution in [1.29, 1.82) is 0 Å². The van der Waals surface area contributed by atoms with E-state index in [-0.39, 0.29) is 17.0 Å². The van der Waals surface area contributed by atoms with Gasteiger partial charge < -0.3 is 10.4 Å². The van der Waals surface area contributed by atoms with Crippen molar-refractivity contribution in [3.8, 4) is 0 Å². The Morgan fingerprint density at radius 2 is 1.73 bits per heavy atom. The fourth-order valence-corrected chi connectivity index (χ4v) is 5.46. The SMILES string of the molecule is CC(C1=C(O)C(=C(C)c2nc3ccccc3s2)C1=O)=C1Nc2ccccc2C1(C)C. The first-order valence-electron chi connectivity index (χ1n) is 9.94. The van der Waals surface area contributed by atoms with E-state index in [9.17, 15) is 9.90 Å². The average molecular weight is 415 g/mol. The minimum atomic E-state index is -0.268. The Labute approximate surface area is 179 Å². The van der Waals surface area contributed by atoms with E-state index in [4.69, 9.17) is 0 Å². The minimum absolute atomic E-state index is 0.0651. The monoisotopic (exact) mass is 414 g/mol. The van der Waals surface area contributed by atoms with Gasteiger partial charge in [0.05, 0.1) is 21.4 Å². The van der Waals surface area contributed by atoms with Crippen LogP contribution in [0, 0.1) is 0 Å². The van der Waals surface area contributed by atoms with Gasteiger partial charge in [0, 0.05) is 16.8 Å². The van der Waals surface area contributed by atoms with Crippen molar-refractivity contribution in [3.05, 3.63) is 87.3 Å². The van der Waals surface area contributed by atoms with Crippen LogP contribution in [-0.4, -0.2) is 15.9 Å². The molecule has 1 aromatic heterocycles. The maximum absolute atomic E-state index is 13.1. The summed E-state index contributed by atoms with van der Waals surface area (Å²) in [5.41, 5.74) is 6.11. The number of aliphatic hydroxyl groups is 1. The lowest BCUT2D eigenvalue weighted by Gasteiger charge is -2.28. The number of nitrogens with zero attached hydrogens (tertiary/aromatic N) is 1. The number of carbonyl (C=O) groups is 1. The van der Waals surface area contributed by atoms with Crippen LogP contribution in [0.3, 0.4) is 0 Å². The maximum atomic E-state index is 13.1. The van der Waals surface area contributed by atoms with Gasteiger partial charge in [0.1, 0.15) is 10.8 Å². The summed E-state index contributed by atoms with van der Waals surface area (Å²) in [7, 11) is 0. The van der Waals surface area contributed by atoms with Gasteiger partial charge in [-0.3, -0.25) is 4.79 Å². The van der Waals surface area contributed by atoms with Gasteiger partial charge in [0.15, 0.2) is 0 Å². The summed E-state index contributed by atoms with van der Waals surface area (Å²) in [6.07, 6.45) is 0. The summed E-state index contributed by atoms with van der Waals surface area (Å²) in [6, 6.07) is 16.0. The highest BCUT2D eigenvalue weighted by molar-refractivity contribution is 7.19. The van der Waals surface area contributed by atoms with Gasteiger partial charge in [-0.25, -0.2) is 4.98 Å². The lowest BCUT2D eigenvalue weighted by molar-refractivity contribution is -0.113. The molecule has 0 unspecified atom stereocenters. The number of aliphatic hydroxyl groups excluding tert-OH is 1. The molecule has 2 N–H and O–H groups in total. The van der Waals surface area contributed by atoms with Crippen molar-refractivity contribution in [2.75, 3.05) is 5.32 Å². The molecule has 0 bridgehead atoms. The highest BCUT2D eigenvalue weighted by Gasteiger charge is 2.42. The number of thiazole rings is 1. The zero-order valence-corrected chi connectivity index (χ0v) is 18.1. The Hall–Kier alpha value is -3.18. The summed E-state index contributed by atoms with van der Waals surface area (Å²) in [6.45, 7) is 8.03. The number of ketones is 1. The smallest absolute Gasteiger partial charge is 0.201 e. The van der Waals surface area contributed by atoms with Crippen molar-refractivity contribution in [3.63, 3.8) is 0 Å². The van der Waals surface area contributed by atoms with E-state index in [1.165, 1.54) is 16.9 Å². The summed E-state index contributed by atoms with van der Waals surface area (Å²) < 4.78 is 1.07. The van der Waals surface area contributed by atoms with Gasteiger partial charge in [-0.1, -0.05) is 44.2 Å². The standard InChI is InChI=1S/C25H22N2O2S/c1-13(23-25(3,4)15-9-5-6-10-16(15)26-23)19-21(28)20(22(19)29)14(2)24-27-17-11-7-8-12-18(17)30-24/h5-12,26,28H,1-4H3. The molecule has 0 spiro atoms. The van der Waals surface area contributed by atoms with Gasteiger partial charge in [0.2, 0.25) is 5.78 Å². The minimum Gasteiger partial charge on any atom is -0.506 e. The van der Waals surface area contributed by atoms with E-state index in [2.05, 4.69) is 30.2 Å². The number of aromatic nitrogens is 1. The molecule has 1 aliphatic heterocycles. The molecule has 0 saturated carbocycles. The molecule has 0 radical (unpaired) electrons. The quantitative estimate of drug-likeness (QED) is 0.494. The number of Topliss-reactive ketones (excluding diaryl/α,β-unsaturated/α-hetero) is 1. The summed E-state index contributed by atoms with van der Waals surface area (Å²) in [5.74, 6) is -0.0573. The Morgan fingerprint density at radius 3 is 2.43 bits per heavy atom. The van der Waals surface area contributed by atoms with Crippen molar-refractivity contribution in [1.82, 2.24) is 4.98 Å². The van der Waals surface area contributed by atoms with Gasteiger partial charge in [0.25, 0.3) is 0 Å². The zero-order chi connectivity index (χ0) is 21.2. The summed E-state index contributed by atoms with van der Waals surface area (Å²) in [4.78, 5) is 17.8. The molecule has 1 aliphatic carbocycles. The number of nitrogens with one attached hydrogen (secondary N) is 1. The number of rotatable bonds is 2. The van der Waals surface area contributed by atoms with Gasteiger partial charge in [-0.05, 0) is 48.8 Å². The number of fused-ring (bicyclic) bond motifs is 2. The van der Waals surface area contributed by atoms with Crippen molar-refractivity contribution in [2.24, 2.45) is 0 Å². The molecule has 0 saturated heterocycles. The highest BCUT2D eigenvalue weighted by atomic mass is 32.1. The Kier molecular flexibility index (Phi) is 4.02. The summed E-state index contributed by atoms with van der Waals surface area (Å²) in [5, 5.41) is 15.1. The van der Waals surface area contributed by atoms with Gasteiger partial charge in [-0.15, -0.1) is 11.3 Å². The number of para-hydroxylation sites is 2. The highest BCUT2D eigenvalue weighted by Crippen LogP contribution is 2.48. The Morgan fingerprint density at radius 1 is 1.03 bits per heavy atom. The number of hydrogen-bond acceptors (Lipinski definition) is 5. The Balaban J connectivity index is 1.59. The first-order chi connectivity index (χ1) is 14.3. The normalized spacial score (nSPS) is 20.7. The van der Waals surface area contributed by atoms with Crippen LogP contribution in [0.15, 0.2) is 76.7 Å². The fourth-order valence-electron chi connectivity index (χ4n) is 4.49. The van der Waals surface area contributed by atoms with E-state index in [0.717, 1.165) is 37.8 Å². The molecule has 5 heteroatoms. The topological polar surface area (TPSA) is 62.2 Å². The molecule has 0 atom stereocenters. The molecule has 3 aromatic rings. The molecule has 2 heterocycles. The number of carbonyl (C=O) groups excluding carboxylic acids is 1. The van der Waals surface area contributed by atoms with Crippen LogP contribution in [0.2, 0.25) is 0 Å². The number of benzene rings is 2.